The molecular formula is C33H43N4+3. The number of pyridine rings is 1. The molecule has 4 nitrogen and oxygen atoms in total. The minimum Gasteiger partial charge on any atom is -0.0612 e. The average molecular weight is 496 g/mol. The van der Waals surface area contributed by atoms with Crippen LogP contribution in [0.4, 0.5) is 0 Å². The lowest BCUT2D eigenvalue weighted by Gasteiger charge is -2.14. The lowest BCUT2D eigenvalue weighted by Crippen LogP contribution is -2.60. The van der Waals surface area contributed by atoms with E-state index in [4.69, 9.17) is 0 Å². The molecule has 0 spiro atoms. The molecule has 3 heterocycles. The second kappa shape index (κ2) is 9.24. The quantitative estimate of drug-likeness (QED) is 0.231. The van der Waals surface area contributed by atoms with E-state index in [0.29, 0.717) is 23.7 Å². The van der Waals surface area contributed by atoms with Crippen LogP contribution in [-0.2, 0) is 0 Å². The zero-order valence-electron chi connectivity index (χ0n) is 24.3. The third-order valence-electron chi connectivity index (χ3n) is 7.99. The molecule has 0 aliphatic carbocycles. The van der Waals surface area contributed by atoms with E-state index in [1.807, 2.05) is 0 Å². The highest BCUT2D eigenvalue weighted by molar-refractivity contribution is 5.53. The van der Waals surface area contributed by atoms with Crippen molar-refractivity contribution >= 4 is 11.0 Å². The fourth-order valence-corrected chi connectivity index (χ4v) is 6.02. The van der Waals surface area contributed by atoms with Crippen molar-refractivity contribution in [2.45, 2.75) is 92.9 Å². The summed E-state index contributed by atoms with van der Waals surface area (Å²) in [6, 6.07) is 20.4. The Hall–Kier alpha value is -3.27. The predicted octanol–water partition coefficient (Wildman–Crippen LogP) is 6.78. The van der Waals surface area contributed by atoms with Gasteiger partial charge in [0.25, 0.3) is 22.8 Å². The van der Waals surface area contributed by atoms with Crippen molar-refractivity contribution in [3.63, 3.8) is 0 Å². The minimum absolute atomic E-state index is 0.407. The highest BCUT2D eigenvalue weighted by atomic mass is 15.7. The standard InChI is InChI=1S/C33H43N4/c1-20(2)26-14-11-15-27(21(3)4)32(26)34-24(9)30-18-13-19-31-25(10)35(37(34)36(30)31)33-28(22(5)6)16-12-17-29(33)23(7)8/h11-23H,1-10H3/q+3. The van der Waals surface area contributed by atoms with E-state index in [-0.39, 0.29) is 0 Å². The van der Waals surface area contributed by atoms with Gasteiger partial charge in [-0.25, -0.2) is 0 Å². The van der Waals surface area contributed by atoms with Gasteiger partial charge in [-0.15, -0.1) is 0 Å². The number of aromatic nitrogens is 4. The van der Waals surface area contributed by atoms with E-state index < -0.39 is 0 Å². The Kier molecular flexibility index (Phi) is 6.34. The van der Waals surface area contributed by atoms with Crippen molar-refractivity contribution in [2.75, 3.05) is 0 Å². The Morgan fingerprint density at radius 2 is 0.784 bits per heavy atom. The van der Waals surface area contributed by atoms with Crippen LogP contribution in [0.15, 0.2) is 54.6 Å². The molecule has 0 saturated carbocycles. The Balaban J connectivity index is 2.07. The summed E-state index contributed by atoms with van der Waals surface area (Å²) in [5, 5.41) is 0. The van der Waals surface area contributed by atoms with E-state index in [9.17, 15) is 0 Å². The van der Waals surface area contributed by atoms with Gasteiger partial charge in [0, 0.05) is 57.6 Å². The molecule has 0 aliphatic rings. The van der Waals surface area contributed by atoms with Crippen LogP contribution in [0.2, 0.25) is 0 Å². The average Bonchev–Trinajstić information content (AvgIpc) is 3.31. The first kappa shape index (κ1) is 25.4. The molecule has 0 radical (unpaired) electrons. The first-order chi connectivity index (χ1) is 17.6. The number of hydrogen-bond donors (Lipinski definition) is 0. The fraction of sp³-hybridized carbons (Fsp3) is 0.424. The van der Waals surface area contributed by atoms with Gasteiger partial charge >= 0.3 is 15.8 Å². The van der Waals surface area contributed by atoms with Crippen molar-refractivity contribution in [2.24, 2.45) is 0 Å². The highest BCUT2D eigenvalue weighted by Crippen LogP contribution is 2.30. The van der Waals surface area contributed by atoms with Gasteiger partial charge in [-0.05, 0) is 29.7 Å². The maximum absolute atomic E-state index is 2.49. The molecule has 4 heteroatoms. The molecule has 0 aliphatic heterocycles. The Labute approximate surface area is 222 Å². The number of benzene rings is 2. The third-order valence-corrected chi connectivity index (χ3v) is 7.99. The molecule has 0 atom stereocenters. The number of rotatable bonds is 6. The second-order valence-corrected chi connectivity index (χ2v) is 11.9. The van der Waals surface area contributed by atoms with Crippen LogP contribution < -0.4 is 13.9 Å². The fourth-order valence-electron chi connectivity index (χ4n) is 6.02. The molecule has 0 bridgehead atoms. The molecule has 0 fully saturated rings. The number of hydrogen-bond acceptors (Lipinski definition) is 0. The van der Waals surface area contributed by atoms with E-state index in [1.165, 1.54) is 56.0 Å². The van der Waals surface area contributed by atoms with Crippen LogP contribution in [0, 0.1) is 13.8 Å². The predicted molar refractivity (Wildman–Crippen MR) is 151 cm³/mol. The van der Waals surface area contributed by atoms with Gasteiger partial charge in [-0.1, -0.05) is 91.8 Å². The van der Waals surface area contributed by atoms with Crippen LogP contribution >= 0.6 is 0 Å². The van der Waals surface area contributed by atoms with E-state index in [0.717, 1.165) is 0 Å². The van der Waals surface area contributed by atoms with Crippen LogP contribution in [0.3, 0.4) is 0 Å². The molecule has 0 saturated heterocycles. The molecular weight excluding hydrogens is 452 g/mol. The van der Waals surface area contributed by atoms with E-state index in [2.05, 4.69) is 142 Å². The lowest BCUT2D eigenvalue weighted by atomic mass is 9.92. The SMILES string of the molecule is Cc1c2cccc3c(C)[n+](-c4c(C(C)C)cccc4C(C)C)n([n+]1-c1c(C(C)C)cccc1C(C)C)[n+]23. The summed E-state index contributed by atoms with van der Waals surface area (Å²) in [5.41, 5.74) is 13.1. The Bertz CT molecular complexity index is 1430. The Morgan fingerprint density at radius 3 is 1.08 bits per heavy atom. The van der Waals surface area contributed by atoms with E-state index >= 15 is 0 Å². The van der Waals surface area contributed by atoms with Gasteiger partial charge in [-0.3, -0.25) is 0 Å². The summed E-state index contributed by atoms with van der Waals surface area (Å²) in [7, 11) is 0. The largest absolute Gasteiger partial charge is 0.323 e. The van der Waals surface area contributed by atoms with Gasteiger partial charge in [0.2, 0.25) is 0 Å². The molecule has 0 N–H and O–H groups in total. The van der Waals surface area contributed by atoms with Crippen molar-refractivity contribution in [1.29, 1.82) is 0 Å². The molecule has 0 amide bonds. The molecule has 37 heavy (non-hydrogen) atoms. The smallest absolute Gasteiger partial charge is 0.0612 e. The van der Waals surface area contributed by atoms with Crippen molar-refractivity contribution in [1.82, 2.24) is 4.74 Å². The van der Waals surface area contributed by atoms with Crippen molar-refractivity contribution < 1.29 is 13.9 Å². The normalized spacial score (nSPS) is 12.5. The number of aryl methyl sites for hydroxylation is 2. The van der Waals surface area contributed by atoms with Gasteiger partial charge < -0.3 is 0 Å². The van der Waals surface area contributed by atoms with Crippen molar-refractivity contribution in [3.05, 3.63) is 88.2 Å². The summed E-state index contributed by atoms with van der Waals surface area (Å²) in [5.74, 6) is 1.63. The van der Waals surface area contributed by atoms with Crippen LogP contribution in [0.5, 0.6) is 0 Å². The van der Waals surface area contributed by atoms with E-state index in [1.54, 1.807) is 0 Å². The molecule has 2 aromatic carbocycles. The number of para-hydroxylation sites is 2. The third kappa shape index (κ3) is 3.75. The van der Waals surface area contributed by atoms with Gasteiger partial charge in [0.1, 0.15) is 0 Å². The summed E-state index contributed by atoms with van der Waals surface area (Å²) in [6.45, 7) is 23.0. The maximum atomic E-state index is 2.49. The molecule has 5 aromatic rings. The highest BCUT2D eigenvalue weighted by Gasteiger charge is 2.47. The van der Waals surface area contributed by atoms with Crippen LogP contribution in [-0.4, -0.2) is 4.74 Å². The summed E-state index contributed by atoms with van der Waals surface area (Å²) < 4.78 is 9.80. The monoisotopic (exact) mass is 495 g/mol. The minimum atomic E-state index is 0.407. The zero-order valence-corrected chi connectivity index (χ0v) is 24.3. The molecule has 3 aromatic heterocycles. The molecule has 192 valence electrons. The van der Waals surface area contributed by atoms with Crippen molar-refractivity contribution in [3.8, 4) is 11.4 Å². The summed E-state index contributed by atoms with van der Waals surface area (Å²) in [6.07, 6.45) is 0. The maximum Gasteiger partial charge on any atom is 0.323 e. The van der Waals surface area contributed by atoms with Crippen LogP contribution in [0.25, 0.3) is 22.4 Å². The first-order valence-corrected chi connectivity index (χ1v) is 13.9. The second-order valence-electron chi connectivity index (χ2n) is 11.9. The van der Waals surface area contributed by atoms with Crippen LogP contribution in [0.1, 0.15) is 113 Å². The Morgan fingerprint density at radius 1 is 0.486 bits per heavy atom. The lowest BCUT2D eigenvalue weighted by molar-refractivity contribution is -0.952. The van der Waals surface area contributed by atoms with Gasteiger partial charge in [0.15, 0.2) is 0 Å². The first-order valence-electron chi connectivity index (χ1n) is 13.9. The summed E-state index contributed by atoms with van der Waals surface area (Å²) >= 11 is 0. The molecule has 5 rings (SSSR count). The summed E-state index contributed by atoms with van der Waals surface area (Å²) in [4.78, 5) is 0. The number of nitrogens with zero attached hydrogens (tertiary/aromatic N) is 4. The zero-order chi connectivity index (χ0) is 26.8. The topological polar surface area (TPSA) is 16.3 Å². The molecule has 0 unspecified atom stereocenters. The van der Waals surface area contributed by atoms with Gasteiger partial charge in [0.05, 0.1) is 4.52 Å². The van der Waals surface area contributed by atoms with Gasteiger partial charge in [-0.2, -0.15) is 0 Å².